The maximum Gasteiger partial charge on any atom is 0.167 e. The van der Waals surface area contributed by atoms with E-state index in [1.165, 1.54) is 12.5 Å². The summed E-state index contributed by atoms with van der Waals surface area (Å²) in [6.45, 7) is 0.306. The molecule has 0 unspecified atom stereocenters. The highest BCUT2D eigenvalue weighted by Crippen LogP contribution is 1.89. The lowest BCUT2D eigenvalue weighted by atomic mass is 10.4. The Morgan fingerprint density at radius 3 is 3.12 bits per heavy atom. The normalized spacial score (nSPS) is 16.8. The van der Waals surface area contributed by atoms with E-state index >= 15 is 0 Å². The summed E-state index contributed by atoms with van der Waals surface area (Å²) in [4.78, 5) is 13.6. The lowest BCUT2D eigenvalue weighted by Crippen LogP contribution is -2.09. The van der Waals surface area contributed by atoms with Crippen molar-refractivity contribution in [3.8, 4) is 0 Å². The van der Waals surface area contributed by atoms with Gasteiger partial charge in [0.15, 0.2) is 6.29 Å². The van der Waals surface area contributed by atoms with Crippen molar-refractivity contribution in [2.75, 3.05) is 6.61 Å². The minimum absolute atomic E-state index is 0.306. The number of carbonyl (C=O) groups is 1. The fourth-order valence-electron chi connectivity index (χ4n) is 0.404. The van der Waals surface area contributed by atoms with E-state index in [0.29, 0.717) is 18.6 Å². The first-order valence-corrected chi connectivity index (χ1v) is 2.22. The van der Waals surface area contributed by atoms with Crippen LogP contribution in [0.5, 0.6) is 0 Å². The molecule has 1 heterocycles. The summed E-state index contributed by atoms with van der Waals surface area (Å²) in [6.07, 6.45) is 3.59. The van der Waals surface area contributed by atoms with Gasteiger partial charge in [-0.2, -0.15) is 0 Å². The van der Waals surface area contributed by atoms with Crippen molar-refractivity contribution in [2.24, 2.45) is 4.99 Å². The molecule has 1 rings (SSSR count). The molecule has 0 saturated carbocycles. The molecule has 0 N–H and O–H groups in total. The first-order valence-electron chi connectivity index (χ1n) is 2.22. The predicted octanol–water partition coefficient (Wildman–Crippen LogP) is 0.128. The SMILES string of the molecule is O=CC1=NC=COC1. The Labute approximate surface area is 46.7 Å². The Morgan fingerprint density at radius 1 is 1.88 bits per heavy atom. The van der Waals surface area contributed by atoms with Gasteiger partial charge < -0.3 is 4.74 Å². The third-order valence-electron chi connectivity index (χ3n) is 0.765. The fraction of sp³-hybridized carbons (Fsp3) is 0.200. The summed E-state index contributed by atoms with van der Waals surface area (Å²) < 4.78 is 4.73. The van der Waals surface area contributed by atoms with E-state index in [-0.39, 0.29) is 0 Å². The highest BCUT2D eigenvalue weighted by atomic mass is 16.5. The molecule has 0 bridgehead atoms. The number of carbonyl (C=O) groups excluding carboxylic acids is 1. The third kappa shape index (κ3) is 0.932. The number of ether oxygens (including phenoxy) is 1. The summed E-state index contributed by atoms with van der Waals surface area (Å²) in [5.41, 5.74) is 0.438. The fourth-order valence-corrected chi connectivity index (χ4v) is 0.404. The molecule has 0 radical (unpaired) electrons. The Balaban J connectivity index is 2.63. The van der Waals surface area contributed by atoms with Crippen LogP contribution < -0.4 is 0 Å². The number of aliphatic imine (C=N–C) groups is 1. The average Bonchev–Trinajstić information content (AvgIpc) is 1.90. The van der Waals surface area contributed by atoms with E-state index in [2.05, 4.69) is 4.99 Å². The molecule has 0 aromatic rings. The van der Waals surface area contributed by atoms with Crippen molar-refractivity contribution in [1.29, 1.82) is 0 Å². The minimum Gasteiger partial charge on any atom is -0.493 e. The van der Waals surface area contributed by atoms with Gasteiger partial charge in [-0.1, -0.05) is 0 Å². The van der Waals surface area contributed by atoms with Gasteiger partial charge in [-0.05, 0) is 0 Å². The van der Waals surface area contributed by atoms with Gasteiger partial charge in [0.2, 0.25) is 0 Å². The molecule has 1 aliphatic rings. The lowest BCUT2D eigenvalue weighted by molar-refractivity contribution is -0.102. The van der Waals surface area contributed by atoms with Gasteiger partial charge in [-0.3, -0.25) is 9.79 Å². The zero-order valence-electron chi connectivity index (χ0n) is 4.20. The largest absolute Gasteiger partial charge is 0.493 e. The molecule has 3 heteroatoms. The first kappa shape index (κ1) is 5.03. The highest BCUT2D eigenvalue weighted by molar-refractivity contribution is 6.29. The number of hydrogen-bond acceptors (Lipinski definition) is 3. The lowest BCUT2D eigenvalue weighted by Gasteiger charge is -2.00. The van der Waals surface area contributed by atoms with E-state index in [1.54, 1.807) is 0 Å². The Hall–Kier alpha value is -1.12. The zero-order chi connectivity index (χ0) is 5.82. The second-order valence-corrected chi connectivity index (χ2v) is 1.33. The number of aldehydes is 1. The van der Waals surface area contributed by atoms with Crippen LogP contribution in [0.4, 0.5) is 0 Å². The highest BCUT2D eigenvalue weighted by Gasteiger charge is 1.96. The summed E-state index contributed by atoms with van der Waals surface area (Å²) in [5, 5.41) is 0. The van der Waals surface area contributed by atoms with E-state index in [0.717, 1.165) is 0 Å². The van der Waals surface area contributed by atoms with Gasteiger partial charge in [0.05, 0.1) is 6.20 Å². The van der Waals surface area contributed by atoms with Gasteiger partial charge in [-0.15, -0.1) is 0 Å². The third-order valence-corrected chi connectivity index (χ3v) is 0.765. The van der Waals surface area contributed by atoms with E-state index in [1.807, 2.05) is 0 Å². The predicted molar refractivity (Wildman–Crippen MR) is 28.6 cm³/mol. The van der Waals surface area contributed by atoms with Gasteiger partial charge in [0.25, 0.3) is 0 Å². The van der Waals surface area contributed by atoms with Crippen LogP contribution in [-0.2, 0) is 9.53 Å². The zero-order valence-corrected chi connectivity index (χ0v) is 4.20. The molecule has 1 aliphatic heterocycles. The summed E-state index contributed by atoms with van der Waals surface area (Å²) >= 11 is 0. The van der Waals surface area contributed by atoms with Gasteiger partial charge in [0.1, 0.15) is 18.6 Å². The second kappa shape index (κ2) is 2.26. The van der Waals surface area contributed by atoms with Gasteiger partial charge in [-0.25, -0.2) is 0 Å². The number of hydrogen-bond donors (Lipinski definition) is 0. The Kier molecular flexibility index (Phi) is 1.42. The van der Waals surface area contributed by atoms with Crippen LogP contribution >= 0.6 is 0 Å². The standard InChI is InChI=1S/C5H5NO2/c7-3-5-4-8-2-1-6-5/h1-3H,4H2. The summed E-state index contributed by atoms with van der Waals surface area (Å²) in [7, 11) is 0. The van der Waals surface area contributed by atoms with Crippen molar-refractivity contribution >= 4 is 12.0 Å². The van der Waals surface area contributed by atoms with Gasteiger partial charge >= 0.3 is 0 Å². The molecular formula is C5H5NO2. The van der Waals surface area contributed by atoms with E-state index in [4.69, 9.17) is 4.74 Å². The molecule has 3 nitrogen and oxygen atoms in total. The van der Waals surface area contributed by atoms with Gasteiger partial charge in [0, 0.05) is 0 Å². The van der Waals surface area contributed by atoms with E-state index in [9.17, 15) is 4.79 Å². The summed E-state index contributed by atoms with van der Waals surface area (Å²) in [6, 6.07) is 0. The van der Waals surface area contributed by atoms with Crippen LogP contribution in [0.15, 0.2) is 17.5 Å². The number of nitrogens with zero attached hydrogens (tertiary/aromatic N) is 1. The van der Waals surface area contributed by atoms with Crippen LogP contribution in [0.3, 0.4) is 0 Å². The average molecular weight is 111 g/mol. The van der Waals surface area contributed by atoms with Crippen LogP contribution in [-0.4, -0.2) is 18.6 Å². The molecule has 0 aliphatic carbocycles. The first-order chi connectivity index (χ1) is 3.93. The Bertz CT molecular complexity index is 149. The molecule has 0 fully saturated rings. The Morgan fingerprint density at radius 2 is 2.75 bits per heavy atom. The quantitative estimate of drug-likeness (QED) is 0.451. The van der Waals surface area contributed by atoms with Crippen molar-refractivity contribution in [1.82, 2.24) is 0 Å². The molecule has 0 saturated heterocycles. The van der Waals surface area contributed by atoms with Crippen molar-refractivity contribution < 1.29 is 9.53 Å². The minimum atomic E-state index is 0.306. The van der Waals surface area contributed by atoms with Crippen molar-refractivity contribution in [2.45, 2.75) is 0 Å². The van der Waals surface area contributed by atoms with E-state index < -0.39 is 0 Å². The molecule has 0 spiro atoms. The maximum atomic E-state index is 9.92. The van der Waals surface area contributed by atoms with Crippen LogP contribution in [0, 0.1) is 0 Å². The molecule has 0 aromatic carbocycles. The van der Waals surface area contributed by atoms with Crippen LogP contribution in [0.2, 0.25) is 0 Å². The molecule has 0 atom stereocenters. The summed E-state index contributed by atoms with van der Waals surface area (Å²) in [5.74, 6) is 0. The topological polar surface area (TPSA) is 38.7 Å². The monoisotopic (exact) mass is 111 g/mol. The molecule has 0 amide bonds. The van der Waals surface area contributed by atoms with Crippen molar-refractivity contribution in [3.63, 3.8) is 0 Å². The van der Waals surface area contributed by atoms with Crippen LogP contribution in [0.25, 0.3) is 0 Å². The molecule has 0 aromatic heterocycles. The van der Waals surface area contributed by atoms with Crippen LogP contribution in [0.1, 0.15) is 0 Å². The molecule has 42 valence electrons. The number of rotatable bonds is 1. The smallest absolute Gasteiger partial charge is 0.167 e. The molecular weight excluding hydrogens is 106 g/mol. The van der Waals surface area contributed by atoms with Crippen molar-refractivity contribution in [3.05, 3.63) is 12.5 Å². The second-order valence-electron chi connectivity index (χ2n) is 1.33. The maximum absolute atomic E-state index is 9.92. The molecule has 8 heavy (non-hydrogen) atoms.